The van der Waals surface area contributed by atoms with Crippen molar-refractivity contribution in [2.45, 2.75) is 13.8 Å². The fraction of sp³-hybridized carbons (Fsp3) is 0.280. The Morgan fingerprint density at radius 3 is 2.94 bits per heavy atom. The molecule has 1 aromatic carbocycles. The normalized spacial score (nSPS) is 18.0. The molecule has 2 aromatic heterocycles. The molecule has 1 aliphatic heterocycles. The molecule has 0 bridgehead atoms. The third-order valence-corrected chi connectivity index (χ3v) is 5.55. The van der Waals surface area contributed by atoms with Gasteiger partial charge in [0.2, 0.25) is 11.7 Å². The molecule has 4 rings (SSSR count). The molecule has 1 saturated heterocycles. The zero-order valence-electron chi connectivity index (χ0n) is 19.2. The largest absolute Gasteiger partial charge is 0.465 e. The number of fused-ring (bicyclic) bond motifs is 1. The van der Waals surface area contributed by atoms with E-state index in [1.807, 2.05) is 37.1 Å². The van der Waals surface area contributed by atoms with Crippen molar-refractivity contribution in [3.8, 4) is 0 Å². The Morgan fingerprint density at radius 2 is 2.21 bits per heavy atom. The molecule has 0 radical (unpaired) electrons. The molecule has 0 aliphatic carbocycles. The van der Waals surface area contributed by atoms with Crippen LogP contribution in [0.4, 0.5) is 11.4 Å². The average molecular weight is 463 g/mol. The molecule has 0 saturated carbocycles. The number of likely N-dealkylation sites (N-methyl/N-ethyl adjacent to an activating group) is 1. The van der Waals surface area contributed by atoms with E-state index in [9.17, 15) is 14.7 Å². The number of rotatable bonds is 7. The Morgan fingerprint density at radius 1 is 1.38 bits per heavy atom. The van der Waals surface area contributed by atoms with Crippen molar-refractivity contribution in [2.24, 2.45) is 10.9 Å². The van der Waals surface area contributed by atoms with Crippen molar-refractivity contribution < 1.29 is 24.2 Å². The van der Waals surface area contributed by atoms with Crippen molar-refractivity contribution in [2.75, 3.05) is 31.7 Å². The SMILES string of the molecule is CCOC(=O)C1C(=O)/C(=C/c2c[nH]c3ncccc23)OC1=Nc1ccc(N(C)CCO)cc1C. The van der Waals surface area contributed by atoms with E-state index in [2.05, 4.69) is 15.0 Å². The number of aliphatic hydroxyl groups excluding tert-OH is 1. The van der Waals surface area contributed by atoms with E-state index < -0.39 is 17.7 Å². The zero-order valence-corrected chi connectivity index (χ0v) is 19.2. The van der Waals surface area contributed by atoms with Crippen LogP contribution in [-0.2, 0) is 19.1 Å². The second-order valence-corrected chi connectivity index (χ2v) is 7.87. The number of hydrogen-bond donors (Lipinski definition) is 2. The molecule has 9 nitrogen and oxygen atoms in total. The standard InChI is InChI=1S/C25H26N4O5/c1-4-33-25(32)21-22(31)20(13-16-14-27-23-18(16)6-5-9-26-23)34-24(21)28-19-8-7-17(12-15(19)2)29(3)10-11-30/h5-9,12-14,21,30H,4,10-11H2,1-3H3,(H,26,27)/b20-13-,28-24?. The summed E-state index contributed by atoms with van der Waals surface area (Å²) >= 11 is 0. The van der Waals surface area contributed by atoms with Gasteiger partial charge in [0.1, 0.15) is 5.65 Å². The van der Waals surface area contributed by atoms with E-state index in [1.54, 1.807) is 37.5 Å². The van der Waals surface area contributed by atoms with Crippen LogP contribution in [0.2, 0.25) is 0 Å². The number of aliphatic imine (C=N–C) groups is 1. The molecule has 1 atom stereocenters. The van der Waals surface area contributed by atoms with Gasteiger partial charge in [0.15, 0.2) is 11.7 Å². The molecule has 0 amide bonds. The summed E-state index contributed by atoms with van der Waals surface area (Å²) in [6, 6.07) is 9.23. The Kier molecular flexibility index (Phi) is 6.74. The maximum atomic E-state index is 13.2. The molecule has 2 N–H and O–H groups in total. The van der Waals surface area contributed by atoms with Crippen LogP contribution in [0.15, 0.2) is 53.5 Å². The van der Waals surface area contributed by atoms with Crippen LogP contribution in [0.1, 0.15) is 18.1 Å². The molecule has 1 aliphatic rings. The summed E-state index contributed by atoms with van der Waals surface area (Å²) in [4.78, 5) is 39.5. The van der Waals surface area contributed by atoms with Gasteiger partial charge in [-0.05, 0) is 55.8 Å². The van der Waals surface area contributed by atoms with Crippen molar-refractivity contribution in [3.63, 3.8) is 0 Å². The first-order valence-corrected chi connectivity index (χ1v) is 11.0. The Balaban J connectivity index is 1.71. The van der Waals surface area contributed by atoms with Gasteiger partial charge in [0.25, 0.3) is 0 Å². The highest BCUT2D eigenvalue weighted by atomic mass is 16.5. The lowest BCUT2D eigenvalue weighted by Crippen LogP contribution is -2.27. The number of allylic oxidation sites excluding steroid dienone is 1. The molecule has 34 heavy (non-hydrogen) atoms. The number of aryl methyl sites for hydroxylation is 1. The predicted molar refractivity (Wildman–Crippen MR) is 129 cm³/mol. The molecular weight excluding hydrogens is 436 g/mol. The smallest absolute Gasteiger partial charge is 0.326 e. The minimum atomic E-state index is -1.27. The monoisotopic (exact) mass is 462 g/mol. The van der Waals surface area contributed by atoms with Crippen LogP contribution < -0.4 is 4.90 Å². The summed E-state index contributed by atoms with van der Waals surface area (Å²) in [5, 5.41) is 9.99. The molecule has 1 fully saturated rings. The summed E-state index contributed by atoms with van der Waals surface area (Å²) in [5.74, 6) is -2.49. The lowest BCUT2D eigenvalue weighted by atomic mass is 10.0. The molecular formula is C25H26N4O5. The Labute approximate surface area is 196 Å². The van der Waals surface area contributed by atoms with Crippen molar-refractivity contribution in [1.82, 2.24) is 9.97 Å². The number of Topliss-reactive ketones (excluding diaryl/α,β-unsaturated/α-hetero) is 1. The highest BCUT2D eigenvalue weighted by Gasteiger charge is 2.44. The fourth-order valence-corrected chi connectivity index (χ4v) is 3.74. The minimum Gasteiger partial charge on any atom is -0.465 e. The summed E-state index contributed by atoms with van der Waals surface area (Å²) in [7, 11) is 1.88. The third-order valence-electron chi connectivity index (χ3n) is 5.55. The van der Waals surface area contributed by atoms with Crippen LogP contribution in [-0.4, -0.2) is 59.5 Å². The first-order valence-electron chi connectivity index (χ1n) is 11.0. The molecule has 3 heterocycles. The average Bonchev–Trinajstić information content (AvgIpc) is 3.36. The highest BCUT2D eigenvalue weighted by Crippen LogP contribution is 2.31. The Hall–Kier alpha value is -3.98. The van der Waals surface area contributed by atoms with Gasteiger partial charge in [0.05, 0.1) is 18.9 Å². The number of esters is 1. The van der Waals surface area contributed by atoms with Gasteiger partial charge in [-0.15, -0.1) is 0 Å². The summed E-state index contributed by atoms with van der Waals surface area (Å²) in [6.07, 6.45) is 4.97. The minimum absolute atomic E-state index is 0.0125. The predicted octanol–water partition coefficient (Wildman–Crippen LogP) is 3.15. The zero-order chi connectivity index (χ0) is 24.2. The van der Waals surface area contributed by atoms with Crippen molar-refractivity contribution >= 4 is 46.1 Å². The third kappa shape index (κ3) is 4.55. The van der Waals surface area contributed by atoms with Crippen LogP contribution in [0.5, 0.6) is 0 Å². The van der Waals surface area contributed by atoms with Crippen molar-refractivity contribution in [3.05, 3.63) is 59.6 Å². The van der Waals surface area contributed by atoms with E-state index in [0.717, 1.165) is 16.6 Å². The summed E-state index contributed by atoms with van der Waals surface area (Å²) < 4.78 is 11.0. The number of ketones is 1. The van der Waals surface area contributed by atoms with Gasteiger partial charge in [0, 0.05) is 42.6 Å². The lowest BCUT2D eigenvalue weighted by Gasteiger charge is -2.18. The van der Waals surface area contributed by atoms with E-state index in [-0.39, 0.29) is 24.9 Å². The number of benzene rings is 1. The molecule has 0 spiro atoms. The summed E-state index contributed by atoms with van der Waals surface area (Å²) in [6.45, 7) is 4.22. The number of aromatic amines is 1. The number of carbonyl (C=O) groups is 2. The van der Waals surface area contributed by atoms with E-state index in [0.29, 0.717) is 23.4 Å². The number of H-pyrrole nitrogens is 1. The second-order valence-electron chi connectivity index (χ2n) is 7.87. The van der Waals surface area contributed by atoms with E-state index in [1.165, 1.54) is 0 Å². The highest BCUT2D eigenvalue weighted by molar-refractivity contribution is 6.27. The van der Waals surface area contributed by atoms with Gasteiger partial charge < -0.3 is 24.5 Å². The molecule has 3 aromatic rings. The van der Waals surface area contributed by atoms with Crippen LogP contribution >= 0.6 is 0 Å². The fourth-order valence-electron chi connectivity index (χ4n) is 3.74. The number of aliphatic hydroxyl groups is 1. The number of carbonyl (C=O) groups excluding carboxylic acids is 2. The molecule has 9 heteroatoms. The summed E-state index contributed by atoms with van der Waals surface area (Å²) in [5.41, 5.74) is 3.69. The van der Waals surface area contributed by atoms with E-state index in [4.69, 9.17) is 9.47 Å². The quantitative estimate of drug-likeness (QED) is 0.315. The van der Waals surface area contributed by atoms with Gasteiger partial charge in [-0.1, -0.05) is 0 Å². The van der Waals surface area contributed by atoms with Gasteiger partial charge in [-0.3, -0.25) is 9.59 Å². The number of aromatic nitrogens is 2. The molecule has 1 unspecified atom stereocenters. The van der Waals surface area contributed by atoms with Gasteiger partial charge in [-0.2, -0.15) is 0 Å². The first-order chi connectivity index (χ1) is 16.4. The maximum absolute atomic E-state index is 13.2. The second kappa shape index (κ2) is 9.88. The number of nitrogens with one attached hydrogen (secondary N) is 1. The van der Waals surface area contributed by atoms with Gasteiger partial charge >= 0.3 is 5.97 Å². The topological polar surface area (TPSA) is 117 Å². The molecule has 176 valence electrons. The number of ether oxygens (including phenoxy) is 2. The van der Waals surface area contributed by atoms with Crippen LogP contribution in [0.25, 0.3) is 17.1 Å². The number of hydrogen-bond acceptors (Lipinski definition) is 8. The first kappa shape index (κ1) is 23.2. The number of nitrogens with zero attached hydrogens (tertiary/aromatic N) is 3. The van der Waals surface area contributed by atoms with Crippen molar-refractivity contribution in [1.29, 1.82) is 0 Å². The lowest BCUT2D eigenvalue weighted by molar-refractivity contribution is -0.147. The maximum Gasteiger partial charge on any atom is 0.326 e. The van der Waals surface area contributed by atoms with Crippen LogP contribution in [0.3, 0.4) is 0 Å². The van der Waals surface area contributed by atoms with Gasteiger partial charge in [-0.25, -0.2) is 9.98 Å². The number of pyridine rings is 1. The number of anilines is 1. The Bertz CT molecular complexity index is 1290. The van der Waals surface area contributed by atoms with E-state index >= 15 is 0 Å². The van der Waals surface area contributed by atoms with Crippen LogP contribution in [0, 0.1) is 12.8 Å².